The summed E-state index contributed by atoms with van der Waals surface area (Å²) in [7, 11) is -1.23. The summed E-state index contributed by atoms with van der Waals surface area (Å²) in [4.78, 5) is 7.90. The predicted octanol–water partition coefficient (Wildman–Crippen LogP) is 5.49. The van der Waals surface area contributed by atoms with E-state index in [0.717, 1.165) is 0 Å². The Balaban J connectivity index is 2.58. The monoisotopic (exact) mass is 409 g/mol. The SMILES string of the molecule is C[Si](C)(C)/[C](=C1\CCCCCB1n1cccc1)[Sn]([CH3])([CH3])[CH3]. The van der Waals surface area contributed by atoms with Gasteiger partial charge < -0.3 is 0 Å². The Morgan fingerprint density at radius 1 is 1.05 bits per heavy atom. The van der Waals surface area contributed by atoms with Gasteiger partial charge in [0.15, 0.2) is 0 Å². The number of hydrogen-bond acceptors (Lipinski definition) is 0. The summed E-state index contributed by atoms with van der Waals surface area (Å²) >= 11 is -2.06. The van der Waals surface area contributed by atoms with Crippen molar-refractivity contribution in [3.05, 3.63) is 33.2 Å². The average Bonchev–Trinajstić information content (AvgIpc) is 2.74. The molecule has 0 aromatic carbocycles. The molecule has 0 bridgehead atoms. The van der Waals surface area contributed by atoms with Crippen molar-refractivity contribution in [2.24, 2.45) is 0 Å². The van der Waals surface area contributed by atoms with E-state index < -0.39 is 26.5 Å². The zero-order valence-electron chi connectivity index (χ0n) is 14.9. The number of nitrogens with zero attached hydrogens (tertiary/aromatic N) is 1. The van der Waals surface area contributed by atoms with Crippen LogP contribution in [-0.4, -0.2) is 37.8 Å². The second-order valence-corrected chi connectivity index (χ2v) is 29.3. The molecule has 1 aromatic rings. The number of hydrogen-bond donors (Lipinski definition) is 0. The molecular weight excluding hydrogens is 376 g/mol. The Morgan fingerprint density at radius 3 is 2.19 bits per heavy atom. The Morgan fingerprint density at radius 2 is 1.67 bits per heavy atom. The van der Waals surface area contributed by atoms with Crippen LogP contribution in [0.5, 0.6) is 0 Å². The molecule has 1 aliphatic rings. The topological polar surface area (TPSA) is 4.93 Å². The van der Waals surface area contributed by atoms with Crippen LogP contribution in [0.25, 0.3) is 0 Å². The first kappa shape index (κ1) is 17.5. The van der Waals surface area contributed by atoms with Crippen LogP contribution in [0.3, 0.4) is 0 Å². The van der Waals surface area contributed by atoms with Gasteiger partial charge in [0.05, 0.1) is 0 Å². The van der Waals surface area contributed by atoms with Gasteiger partial charge >= 0.3 is 137 Å². The predicted molar refractivity (Wildman–Crippen MR) is 103 cm³/mol. The molecule has 1 saturated heterocycles. The molecule has 1 fully saturated rings. The zero-order valence-corrected chi connectivity index (χ0v) is 18.7. The first-order valence-corrected chi connectivity index (χ1v) is 22.1. The van der Waals surface area contributed by atoms with E-state index >= 15 is 0 Å². The third-order valence-electron chi connectivity index (χ3n) is 4.63. The molecule has 0 N–H and O–H groups in total. The van der Waals surface area contributed by atoms with Crippen LogP contribution >= 0.6 is 0 Å². The Bertz CT molecular complexity index is 478. The summed E-state index contributed by atoms with van der Waals surface area (Å²) in [6.07, 6.45) is 11.5. The van der Waals surface area contributed by atoms with Gasteiger partial charge in [-0.1, -0.05) is 0 Å². The summed E-state index contributed by atoms with van der Waals surface area (Å²) < 4.78 is 4.52. The van der Waals surface area contributed by atoms with Gasteiger partial charge in [-0.15, -0.1) is 0 Å². The van der Waals surface area contributed by atoms with E-state index in [1.807, 2.05) is 8.68 Å². The van der Waals surface area contributed by atoms with E-state index in [0.29, 0.717) is 6.85 Å². The molecule has 0 spiro atoms. The fraction of sp³-hybridized carbons (Fsp3) is 0.647. The quantitative estimate of drug-likeness (QED) is 0.583. The summed E-state index contributed by atoms with van der Waals surface area (Å²) in [5.41, 5.74) is 1.87. The fourth-order valence-corrected chi connectivity index (χ4v) is 30.8. The van der Waals surface area contributed by atoms with Gasteiger partial charge in [-0.05, 0) is 0 Å². The van der Waals surface area contributed by atoms with E-state index in [2.05, 4.69) is 63.5 Å². The molecule has 0 saturated carbocycles. The van der Waals surface area contributed by atoms with E-state index in [9.17, 15) is 0 Å². The third kappa shape index (κ3) is 4.31. The summed E-state index contributed by atoms with van der Waals surface area (Å²) in [6, 6.07) is 4.38. The van der Waals surface area contributed by atoms with Crippen LogP contribution in [0.2, 0.25) is 40.8 Å². The number of rotatable bonds is 3. The van der Waals surface area contributed by atoms with Crippen molar-refractivity contribution in [2.75, 3.05) is 0 Å². The van der Waals surface area contributed by atoms with E-state index in [4.69, 9.17) is 0 Å². The van der Waals surface area contributed by atoms with Gasteiger partial charge in [0.25, 0.3) is 0 Å². The van der Waals surface area contributed by atoms with E-state index in [-0.39, 0.29) is 0 Å². The van der Waals surface area contributed by atoms with Crippen LogP contribution in [0.4, 0.5) is 0 Å². The molecule has 116 valence electrons. The van der Waals surface area contributed by atoms with Gasteiger partial charge in [-0.3, -0.25) is 0 Å². The second kappa shape index (κ2) is 6.69. The Hall–Kier alpha value is 0.101. The normalized spacial score (nSPS) is 20.4. The summed E-state index contributed by atoms with van der Waals surface area (Å²) in [5, 5.41) is 0. The molecule has 2 rings (SSSR count). The summed E-state index contributed by atoms with van der Waals surface area (Å²) in [6.45, 7) is 8.39. The maximum absolute atomic E-state index is 2.63. The van der Waals surface area contributed by atoms with Crippen LogP contribution in [-0.2, 0) is 0 Å². The maximum atomic E-state index is 2.63. The molecule has 0 atom stereocenters. The van der Waals surface area contributed by atoms with Gasteiger partial charge in [-0.25, -0.2) is 0 Å². The Labute approximate surface area is 137 Å². The average molecular weight is 408 g/mol. The van der Waals surface area contributed by atoms with Crippen molar-refractivity contribution in [2.45, 2.75) is 66.5 Å². The molecule has 1 aliphatic heterocycles. The first-order chi connectivity index (χ1) is 9.71. The molecule has 1 nitrogen and oxygen atoms in total. The molecule has 0 amide bonds. The van der Waals surface area contributed by atoms with Crippen molar-refractivity contribution < 1.29 is 0 Å². The third-order valence-corrected chi connectivity index (χ3v) is 23.1. The van der Waals surface area contributed by atoms with Crippen molar-refractivity contribution in [3.63, 3.8) is 0 Å². The molecule has 0 unspecified atom stereocenters. The van der Waals surface area contributed by atoms with Gasteiger partial charge in [0, 0.05) is 0 Å². The number of allylic oxidation sites excluding steroid dienone is 1. The Kier molecular flexibility index (Phi) is 5.56. The van der Waals surface area contributed by atoms with E-state index in [1.165, 1.54) is 32.0 Å². The van der Waals surface area contributed by atoms with Gasteiger partial charge in [0.1, 0.15) is 0 Å². The summed E-state index contributed by atoms with van der Waals surface area (Å²) in [5.74, 6) is 0. The zero-order chi connectivity index (χ0) is 15.7. The standard InChI is InChI=1S/C14H23BNSi.3CH3.Sn/c1-17(2,3)13-14-9-5-4-6-10-15(14)16-11-7-8-12-16;;;;/h7-8,11-12H,4-6,9-10H2,1-3H3;3*1H3;. The molecule has 0 aliphatic carbocycles. The molecular formula is C17H32BNSiSn. The van der Waals surface area contributed by atoms with Crippen molar-refractivity contribution in [1.82, 2.24) is 4.48 Å². The van der Waals surface area contributed by atoms with E-state index in [1.54, 1.807) is 0 Å². The second-order valence-electron chi connectivity index (χ2n) is 8.65. The molecule has 2 heterocycles. The number of aromatic nitrogens is 1. The van der Waals surface area contributed by atoms with Crippen LogP contribution < -0.4 is 0 Å². The van der Waals surface area contributed by atoms with Crippen molar-refractivity contribution >= 4 is 33.3 Å². The van der Waals surface area contributed by atoms with Gasteiger partial charge in [-0.2, -0.15) is 0 Å². The van der Waals surface area contributed by atoms with Crippen LogP contribution in [0.15, 0.2) is 33.2 Å². The molecule has 21 heavy (non-hydrogen) atoms. The first-order valence-electron chi connectivity index (χ1n) is 8.58. The molecule has 4 heteroatoms. The van der Waals surface area contributed by atoms with Gasteiger partial charge in [0.2, 0.25) is 0 Å². The molecule has 1 aromatic heterocycles. The molecule has 0 radical (unpaired) electrons. The van der Waals surface area contributed by atoms with Crippen LogP contribution in [0, 0.1) is 0 Å². The van der Waals surface area contributed by atoms with Crippen molar-refractivity contribution in [1.29, 1.82) is 0 Å². The van der Waals surface area contributed by atoms with Crippen molar-refractivity contribution in [3.8, 4) is 0 Å². The minimum atomic E-state index is -2.06. The fourth-order valence-electron chi connectivity index (χ4n) is 4.44. The minimum absolute atomic E-state index is 0.653. The van der Waals surface area contributed by atoms with Crippen LogP contribution in [0.1, 0.15) is 25.7 Å².